The van der Waals surface area contributed by atoms with Gasteiger partial charge in [0.05, 0.1) is 0 Å². The highest BCUT2D eigenvalue weighted by Crippen LogP contribution is 2.31. The number of aromatic amines is 1. The van der Waals surface area contributed by atoms with Crippen LogP contribution in [0.1, 0.15) is 19.3 Å². The zero-order chi connectivity index (χ0) is 11.9. The quantitative estimate of drug-likeness (QED) is 0.877. The summed E-state index contributed by atoms with van der Waals surface area (Å²) in [6.07, 6.45) is 4.17. The smallest absolute Gasteiger partial charge is 0.192 e. The molecular formula is C15H18N2O. The fraction of sp³-hybridized carbons (Fsp3) is 0.467. The molecule has 94 valence electrons. The van der Waals surface area contributed by atoms with Crippen LogP contribution in [0.25, 0.3) is 10.9 Å². The third kappa shape index (κ3) is 1.62. The summed E-state index contributed by atoms with van der Waals surface area (Å²) in [6, 6.07) is 11.1. The predicted molar refractivity (Wildman–Crippen MR) is 71.9 cm³/mol. The van der Waals surface area contributed by atoms with E-state index in [9.17, 15) is 0 Å². The molecule has 2 unspecified atom stereocenters. The van der Waals surface area contributed by atoms with Gasteiger partial charge in [0.25, 0.3) is 0 Å². The van der Waals surface area contributed by atoms with Gasteiger partial charge in [-0.3, -0.25) is 4.90 Å². The SMILES string of the molecule is c1ccc2[nH]c(OC3CCN4CCCC34)cc2c1. The minimum atomic E-state index is 0.376. The number of nitrogens with one attached hydrogen (secondary N) is 1. The van der Waals surface area contributed by atoms with Gasteiger partial charge in [0.15, 0.2) is 5.88 Å². The van der Waals surface area contributed by atoms with E-state index < -0.39 is 0 Å². The van der Waals surface area contributed by atoms with Crippen LogP contribution in [0, 0.1) is 0 Å². The molecule has 0 amide bonds. The van der Waals surface area contributed by atoms with Crippen LogP contribution < -0.4 is 4.74 Å². The topological polar surface area (TPSA) is 28.3 Å². The first kappa shape index (κ1) is 10.4. The van der Waals surface area contributed by atoms with Crippen LogP contribution in [-0.2, 0) is 0 Å². The molecule has 18 heavy (non-hydrogen) atoms. The summed E-state index contributed by atoms with van der Waals surface area (Å²) in [5, 5.41) is 1.23. The van der Waals surface area contributed by atoms with Crippen molar-refractivity contribution in [3.8, 4) is 5.88 Å². The summed E-state index contributed by atoms with van der Waals surface area (Å²) in [6.45, 7) is 2.47. The van der Waals surface area contributed by atoms with E-state index in [0.717, 1.165) is 11.4 Å². The molecule has 2 fully saturated rings. The third-order valence-electron chi connectivity index (χ3n) is 4.33. The monoisotopic (exact) mass is 242 g/mol. The molecular weight excluding hydrogens is 224 g/mol. The Labute approximate surface area is 107 Å². The predicted octanol–water partition coefficient (Wildman–Crippen LogP) is 2.78. The van der Waals surface area contributed by atoms with E-state index in [4.69, 9.17) is 4.74 Å². The zero-order valence-electron chi connectivity index (χ0n) is 10.4. The molecule has 3 heteroatoms. The van der Waals surface area contributed by atoms with Gasteiger partial charge in [0.2, 0.25) is 0 Å². The van der Waals surface area contributed by atoms with Crippen LogP contribution in [0.5, 0.6) is 5.88 Å². The highest BCUT2D eigenvalue weighted by molar-refractivity contribution is 5.81. The standard InChI is InChI=1S/C15H18N2O/c1-2-5-12-11(4-1)10-15(16-12)18-14-7-9-17-8-3-6-13(14)17/h1-2,4-5,10,13-14,16H,3,6-9H2. The largest absolute Gasteiger partial charge is 0.474 e. The van der Waals surface area contributed by atoms with Crippen molar-refractivity contribution in [3.05, 3.63) is 30.3 Å². The number of aromatic nitrogens is 1. The Bertz CT molecular complexity index is 529. The molecule has 1 N–H and O–H groups in total. The Hall–Kier alpha value is -1.48. The van der Waals surface area contributed by atoms with E-state index in [0.29, 0.717) is 12.1 Å². The van der Waals surface area contributed by atoms with E-state index >= 15 is 0 Å². The number of H-pyrrole nitrogens is 1. The summed E-state index contributed by atoms with van der Waals surface area (Å²) in [5.41, 5.74) is 1.16. The minimum absolute atomic E-state index is 0.376. The van der Waals surface area contributed by atoms with Gasteiger partial charge in [-0.2, -0.15) is 0 Å². The first-order valence-corrected chi connectivity index (χ1v) is 6.89. The molecule has 2 atom stereocenters. The fourth-order valence-corrected chi connectivity index (χ4v) is 3.45. The number of nitrogens with zero attached hydrogens (tertiary/aromatic N) is 1. The highest BCUT2D eigenvalue weighted by atomic mass is 16.5. The normalized spacial score (nSPS) is 27.8. The first-order valence-electron chi connectivity index (χ1n) is 6.89. The fourth-order valence-electron chi connectivity index (χ4n) is 3.45. The van der Waals surface area contributed by atoms with Crippen molar-refractivity contribution in [2.45, 2.75) is 31.4 Å². The van der Waals surface area contributed by atoms with E-state index in [1.807, 2.05) is 0 Å². The Morgan fingerprint density at radius 2 is 2.11 bits per heavy atom. The molecule has 0 radical (unpaired) electrons. The lowest BCUT2D eigenvalue weighted by Crippen LogP contribution is -2.32. The summed E-state index contributed by atoms with van der Waals surface area (Å²) in [7, 11) is 0. The molecule has 0 aliphatic carbocycles. The molecule has 0 bridgehead atoms. The number of benzene rings is 1. The van der Waals surface area contributed by atoms with Gasteiger partial charge < -0.3 is 9.72 Å². The van der Waals surface area contributed by atoms with Crippen molar-refractivity contribution in [2.24, 2.45) is 0 Å². The molecule has 2 aliphatic heterocycles. The van der Waals surface area contributed by atoms with Crippen molar-refractivity contribution < 1.29 is 4.74 Å². The van der Waals surface area contributed by atoms with Gasteiger partial charge in [-0.25, -0.2) is 0 Å². The second kappa shape index (κ2) is 4.02. The highest BCUT2D eigenvalue weighted by Gasteiger charge is 2.38. The minimum Gasteiger partial charge on any atom is -0.474 e. The summed E-state index contributed by atoms with van der Waals surface area (Å²) >= 11 is 0. The first-order chi connectivity index (χ1) is 8.90. The molecule has 4 rings (SSSR count). The maximum absolute atomic E-state index is 6.18. The zero-order valence-corrected chi connectivity index (χ0v) is 10.4. The number of ether oxygens (including phenoxy) is 1. The van der Waals surface area contributed by atoms with Crippen LogP contribution in [-0.4, -0.2) is 35.1 Å². The van der Waals surface area contributed by atoms with E-state index in [1.54, 1.807) is 0 Å². The van der Waals surface area contributed by atoms with Crippen LogP contribution in [0.15, 0.2) is 30.3 Å². The molecule has 1 aromatic carbocycles. The summed E-state index contributed by atoms with van der Waals surface area (Å²) in [5.74, 6) is 0.926. The molecule has 2 aromatic rings. The van der Waals surface area contributed by atoms with E-state index in [1.165, 1.54) is 37.7 Å². The number of para-hydroxylation sites is 1. The third-order valence-corrected chi connectivity index (χ3v) is 4.33. The van der Waals surface area contributed by atoms with Crippen LogP contribution in [0.2, 0.25) is 0 Å². The van der Waals surface area contributed by atoms with Crippen molar-refractivity contribution in [1.29, 1.82) is 0 Å². The van der Waals surface area contributed by atoms with Gasteiger partial charge in [-0.1, -0.05) is 18.2 Å². The number of hydrogen-bond donors (Lipinski definition) is 1. The van der Waals surface area contributed by atoms with Crippen LogP contribution >= 0.6 is 0 Å². The van der Waals surface area contributed by atoms with Gasteiger partial charge in [-0.15, -0.1) is 0 Å². The van der Waals surface area contributed by atoms with E-state index in [2.05, 4.69) is 40.2 Å². The lowest BCUT2D eigenvalue weighted by molar-refractivity contribution is 0.154. The number of rotatable bonds is 2. The summed E-state index contributed by atoms with van der Waals surface area (Å²) in [4.78, 5) is 5.94. The van der Waals surface area contributed by atoms with Gasteiger partial charge >= 0.3 is 0 Å². The molecule has 0 spiro atoms. The van der Waals surface area contributed by atoms with Crippen molar-refractivity contribution in [3.63, 3.8) is 0 Å². The lowest BCUT2D eigenvalue weighted by Gasteiger charge is -2.20. The van der Waals surface area contributed by atoms with E-state index in [-0.39, 0.29) is 0 Å². The second-order valence-electron chi connectivity index (χ2n) is 5.41. The number of fused-ring (bicyclic) bond motifs is 2. The van der Waals surface area contributed by atoms with Gasteiger partial charge in [0.1, 0.15) is 6.10 Å². The molecule has 3 heterocycles. The second-order valence-corrected chi connectivity index (χ2v) is 5.41. The van der Waals surface area contributed by atoms with Crippen molar-refractivity contribution >= 4 is 10.9 Å². The molecule has 2 saturated heterocycles. The Morgan fingerprint density at radius 3 is 3.06 bits per heavy atom. The van der Waals surface area contributed by atoms with Crippen LogP contribution in [0.3, 0.4) is 0 Å². The Kier molecular flexibility index (Phi) is 2.33. The summed E-state index contributed by atoms with van der Waals surface area (Å²) < 4.78 is 6.18. The Balaban J connectivity index is 1.57. The van der Waals surface area contributed by atoms with Gasteiger partial charge in [0, 0.05) is 29.6 Å². The van der Waals surface area contributed by atoms with Gasteiger partial charge in [-0.05, 0) is 31.9 Å². The Morgan fingerprint density at radius 1 is 1.17 bits per heavy atom. The lowest BCUT2D eigenvalue weighted by atomic mass is 10.1. The average molecular weight is 242 g/mol. The van der Waals surface area contributed by atoms with Crippen molar-refractivity contribution in [2.75, 3.05) is 13.1 Å². The average Bonchev–Trinajstić information content (AvgIpc) is 3.05. The van der Waals surface area contributed by atoms with Crippen molar-refractivity contribution in [1.82, 2.24) is 9.88 Å². The molecule has 2 aliphatic rings. The maximum atomic E-state index is 6.18. The number of hydrogen-bond acceptors (Lipinski definition) is 2. The van der Waals surface area contributed by atoms with Crippen LogP contribution in [0.4, 0.5) is 0 Å². The molecule has 3 nitrogen and oxygen atoms in total. The molecule has 0 saturated carbocycles. The molecule has 1 aromatic heterocycles. The maximum Gasteiger partial charge on any atom is 0.192 e.